The fraction of sp³-hybridized carbons (Fsp3) is 0.929. The maximum Gasteiger partial charge on any atom is 0.224 e. The smallest absolute Gasteiger partial charge is 0.224 e. The highest BCUT2D eigenvalue weighted by atomic mass is 16.5. The predicted molar refractivity (Wildman–Crippen MR) is 76.9 cm³/mol. The molecule has 0 aliphatic carbocycles. The van der Waals surface area contributed by atoms with Crippen LogP contribution in [0.5, 0.6) is 0 Å². The summed E-state index contributed by atoms with van der Waals surface area (Å²) in [6, 6.07) is 0. The Morgan fingerprint density at radius 1 is 0.800 bits per heavy atom. The largest absolute Gasteiger partial charge is 0.381 e. The van der Waals surface area contributed by atoms with E-state index in [4.69, 9.17) is 18.9 Å². The molecule has 6 nitrogen and oxygen atoms in total. The van der Waals surface area contributed by atoms with Gasteiger partial charge in [-0.1, -0.05) is 0 Å². The molecule has 0 atom stereocenters. The molecule has 120 valence electrons. The van der Waals surface area contributed by atoms with Gasteiger partial charge in [0.2, 0.25) is 5.91 Å². The van der Waals surface area contributed by atoms with Crippen LogP contribution in [-0.4, -0.2) is 77.3 Å². The first-order chi connectivity index (χ1) is 9.72. The first-order valence-corrected chi connectivity index (χ1v) is 7.27. The number of rotatable bonds is 14. The number of likely N-dealkylation sites (N-methyl/N-ethyl adjacent to an activating group) is 1. The zero-order chi connectivity index (χ0) is 15.1. The Hall–Kier alpha value is -0.690. The van der Waals surface area contributed by atoms with Crippen LogP contribution in [-0.2, 0) is 23.7 Å². The third-order valence-electron chi connectivity index (χ3n) is 2.61. The molecule has 0 spiro atoms. The van der Waals surface area contributed by atoms with Crippen LogP contribution in [0.1, 0.15) is 20.3 Å². The maximum atomic E-state index is 11.6. The topological polar surface area (TPSA) is 57.2 Å². The van der Waals surface area contributed by atoms with Gasteiger partial charge in [-0.25, -0.2) is 0 Å². The number of amides is 1. The Kier molecular flexibility index (Phi) is 14.2. The van der Waals surface area contributed by atoms with Gasteiger partial charge in [0, 0.05) is 26.8 Å². The molecule has 6 heteroatoms. The zero-order valence-corrected chi connectivity index (χ0v) is 13.1. The molecule has 0 radical (unpaired) electrons. The van der Waals surface area contributed by atoms with Crippen LogP contribution in [0.2, 0.25) is 0 Å². The third kappa shape index (κ3) is 12.3. The minimum Gasteiger partial charge on any atom is -0.381 e. The maximum absolute atomic E-state index is 11.6. The Balaban J connectivity index is 3.30. The van der Waals surface area contributed by atoms with Crippen LogP contribution in [0, 0.1) is 0 Å². The lowest BCUT2D eigenvalue weighted by Gasteiger charge is -2.17. The normalized spacial score (nSPS) is 10.8. The number of nitrogens with zero attached hydrogens (tertiary/aromatic N) is 1. The van der Waals surface area contributed by atoms with E-state index in [1.54, 1.807) is 11.9 Å². The van der Waals surface area contributed by atoms with Gasteiger partial charge in [-0.3, -0.25) is 4.79 Å². The van der Waals surface area contributed by atoms with Gasteiger partial charge in [-0.2, -0.15) is 0 Å². The average molecular weight is 291 g/mol. The van der Waals surface area contributed by atoms with E-state index in [0.717, 1.165) is 0 Å². The van der Waals surface area contributed by atoms with Gasteiger partial charge in [-0.15, -0.1) is 0 Å². The van der Waals surface area contributed by atoms with Gasteiger partial charge in [0.1, 0.15) is 0 Å². The highest BCUT2D eigenvalue weighted by molar-refractivity contribution is 5.75. The van der Waals surface area contributed by atoms with Gasteiger partial charge >= 0.3 is 0 Å². The van der Waals surface area contributed by atoms with E-state index in [1.165, 1.54) is 0 Å². The Morgan fingerprint density at radius 3 is 1.90 bits per heavy atom. The summed E-state index contributed by atoms with van der Waals surface area (Å²) >= 11 is 0. The van der Waals surface area contributed by atoms with Crippen molar-refractivity contribution in [3.05, 3.63) is 0 Å². The van der Waals surface area contributed by atoms with Gasteiger partial charge in [0.15, 0.2) is 0 Å². The van der Waals surface area contributed by atoms with Gasteiger partial charge < -0.3 is 23.8 Å². The molecule has 0 fully saturated rings. The SMILES string of the molecule is CCOCCOCCOCCN(C)C(=O)CCOCC. The third-order valence-corrected chi connectivity index (χ3v) is 2.61. The van der Waals surface area contributed by atoms with E-state index in [2.05, 4.69) is 0 Å². The second-order valence-corrected chi connectivity index (χ2v) is 4.18. The minimum absolute atomic E-state index is 0.0787. The van der Waals surface area contributed by atoms with Crippen molar-refractivity contribution in [2.45, 2.75) is 20.3 Å². The van der Waals surface area contributed by atoms with Crippen molar-refractivity contribution in [1.29, 1.82) is 0 Å². The molecule has 0 aromatic rings. The van der Waals surface area contributed by atoms with Crippen molar-refractivity contribution in [1.82, 2.24) is 4.90 Å². The molecule has 0 saturated carbocycles. The molecular weight excluding hydrogens is 262 g/mol. The molecule has 0 saturated heterocycles. The lowest BCUT2D eigenvalue weighted by Crippen LogP contribution is -2.31. The predicted octanol–water partition coefficient (Wildman–Crippen LogP) is 0.941. The van der Waals surface area contributed by atoms with Crippen molar-refractivity contribution < 1.29 is 23.7 Å². The van der Waals surface area contributed by atoms with Crippen molar-refractivity contribution in [3.63, 3.8) is 0 Å². The molecular formula is C14H29NO5. The summed E-state index contributed by atoms with van der Waals surface area (Å²) in [5.41, 5.74) is 0. The van der Waals surface area contributed by atoms with Crippen molar-refractivity contribution >= 4 is 5.91 Å². The Morgan fingerprint density at radius 2 is 1.30 bits per heavy atom. The highest BCUT2D eigenvalue weighted by Gasteiger charge is 2.07. The molecule has 0 aliphatic rings. The van der Waals surface area contributed by atoms with E-state index >= 15 is 0 Å². The van der Waals surface area contributed by atoms with E-state index in [1.807, 2.05) is 13.8 Å². The fourth-order valence-electron chi connectivity index (χ4n) is 1.41. The molecule has 0 aliphatic heterocycles. The number of carbonyl (C=O) groups is 1. The summed E-state index contributed by atoms with van der Waals surface area (Å²) < 4.78 is 21.0. The highest BCUT2D eigenvalue weighted by Crippen LogP contribution is 1.92. The lowest BCUT2D eigenvalue weighted by atomic mass is 10.4. The Labute approximate surface area is 122 Å². The number of carbonyl (C=O) groups excluding carboxylic acids is 1. The Bertz CT molecular complexity index is 226. The molecule has 0 rings (SSSR count). The molecule has 0 unspecified atom stereocenters. The van der Waals surface area contributed by atoms with Crippen molar-refractivity contribution in [3.8, 4) is 0 Å². The van der Waals surface area contributed by atoms with Crippen molar-refractivity contribution in [2.24, 2.45) is 0 Å². The van der Waals surface area contributed by atoms with E-state index in [-0.39, 0.29) is 5.91 Å². The summed E-state index contributed by atoms with van der Waals surface area (Å²) in [7, 11) is 1.77. The first-order valence-electron chi connectivity index (χ1n) is 7.27. The van der Waals surface area contributed by atoms with Crippen molar-refractivity contribution in [2.75, 3.05) is 66.4 Å². The monoisotopic (exact) mass is 291 g/mol. The molecule has 20 heavy (non-hydrogen) atoms. The summed E-state index contributed by atoms with van der Waals surface area (Å²) in [6.07, 6.45) is 0.422. The summed E-state index contributed by atoms with van der Waals surface area (Å²) in [5.74, 6) is 0.0787. The van der Waals surface area contributed by atoms with Gasteiger partial charge in [0.25, 0.3) is 0 Å². The van der Waals surface area contributed by atoms with Gasteiger partial charge in [-0.05, 0) is 13.8 Å². The fourth-order valence-corrected chi connectivity index (χ4v) is 1.41. The first kappa shape index (κ1) is 19.3. The second kappa shape index (κ2) is 14.7. The molecule has 0 N–H and O–H groups in total. The van der Waals surface area contributed by atoms with Crippen LogP contribution >= 0.6 is 0 Å². The molecule has 0 heterocycles. The summed E-state index contributed by atoms with van der Waals surface area (Å²) in [6.45, 7) is 9.10. The molecule has 1 amide bonds. The van der Waals surface area contributed by atoms with E-state index in [0.29, 0.717) is 65.8 Å². The van der Waals surface area contributed by atoms with E-state index in [9.17, 15) is 4.79 Å². The van der Waals surface area contributed by atoms with Crippen LogP contribution in [0.4, 0.5) is 0 Å². The van der Waals surface area contributed by atoms with Gasteiger partial charge in [0.05, 0.1) is 46.1 Å². The number of ether oxygens (including phenoxy) is 4. The van der Waals surface area contributed by atoms with Crippen LogP contribution in [0.15, 0.2) is 0 Å². The molecule has 0 aromatic carbocycles. The molecule has 0 aromatic heterocycles. The average Bonchev–Trinajstić information content (AvgIpc) is 2.45. The standard InChI is InChI=1S/C14H29NO5/c1-4-17-8-6-14(16)15(3)7-9-19-12-13-20-11-10-18-5-2/h4-13H2,1-3H3. The van der Waals surface area contributed by atoms with E-state index < -0.39 is 0 Å². The van der Waals surface area contributed by atoms with Crippen LogP contribution in [0.3, 0.4) is 0 Å². The summed E-state index contributed by atoms with van der Waals surface area (Å²) in [4.78, 5) is 13.3. The number of hydrogen-bond donors (Lipinski definition) is 0. The quantitative estimate of drug-likeness (QED) is 0.446. The lowest BCUT2D eigenvalue weighted by molar-refractivity contribution is -0.131. The zero-order valence-electron chi connectivity index (χ0n) is 13.1. The van der Waals surface area contributed by atoms with Crippen LogP contribution < -0.4 is 0 Å². The van der Waals surface area contributed by atoms with Crippen LogP contribution in [0.25, 0.3) is 0 Å². The summed E-state index contributed by atoms with van der Waals surface area (Å²) in [5, 5.41) is 0. The molecule has 0 bridgehead atoms. The minimum atomic E-state index is 0.0787. The second-order valence-electron chi connectivity index (χ2n) is 4.18. The number of hydrogen-bond acceptors (Lipinski definition) is 5.